The first kappa shape index (κ1) is 11.3. The third-order valence-corrected chi connectivity index (χ3v) is 3.25. The number of hydrogen-bond acceptors (Lipinski definition) is 2. The summed E-state index contributed by atoms with van der Waals surface area (Å²) in [5, 5.41) is 3.13. The molecule has 1 aliphatic carbocycles. The molecular weight excluding hydrogens is 229 g/mol. The molecule has 1 aromatic carbocycles. The summed E-state index contributed by atoms with van der Waals surface area (Å²) < 4.78 is 15.9. The molecule has 1 aliphatic rings. The minimum absolute atomic E-state index is 0.238. The van der Waals surface area contributed by atoms with Crippen molar-refractivity contribution in [3.63, 3.8) is 0 Å². The fraction of sp³-hybridized carbons (Fsp3) is 0.357. The highest BCUT2D eigenvalue weighted by Crippen LogP contribution is 2.38. The fourth-order valence-corrected chi connectivity index (χ4v) is 2.14. The molecule has 3 nitrogen and oxygen atoms in total. The van der Waals surface area contributed by atoms with Crippen LogP contribution in [0.25, 0.3) is 0 Å². The Kier molecular flexibility index (Phi) is 2.58. The molecule has 1 N–H and O–H groups in total. The van der Waals surface area contributed by atoms with Crippen LogP contribution >= 0.6 is 0 Å². The zero-order valence-electron chi connectivity index (χ0n) is 10.6. The Morgan fingerprint density at radius 1 is 1.33 bits per heavy atom. The van der Waals surface area contributed by atoms with Gasteiger partial charge in [0.05, 0.1) is 11.4 Å². The number of nitrogens with one attached hydrogen (secondary N) is 1. The van der Waals surface area contributed by atoms with Crippen LogP contribution in [0.15, 0.2) is 24.4 Å². The van der Waals surface area contributed by atoms with Crippen molar-refractivity contribution in [3.8, 4) is 0 Å². The van der Waals surface area contributed by atoms with E-state index in [0.29, 0.717) is 11.7 Å². The SMILES string of the molecule is Cc1cn(C2CC2)c(Nc2c(C)cccc2F)n1. The molecule has 1 heterocycles. The Hall–Kier alpha value is -1.84. The number of aromatic nitrogens is 2. The van der Waals surface area contributed by atoms with Crippen LogP contribution in [0.3, 0.4) is 0 Å². The second-order valence-electron chi connectivity index (χ2n) is 4.90. The van der Waals surface area contributed by atoms with E-state index in [2.05, 4.69) is 14.9 Å². The highest BCUT2D eigenvalue weighted by Gasteiger charge is 2.26. The summed E-state index contributed by atoms with van der Waals surface area (Å²) in [4.78, 5) is 4.43. The molecule has 0 saturated heterocycles. The predicted molar refractivity (Wildman–Crippen MR) is 69.7 cm³/mol. The van der Waals surface area contributed by atoms with Gasteiger partial charge < -0.3 is 9.88 Å². The van der Waals surface area contributed by atoms with Crippen molar-refractivity contribution in [1.29, 1.82) is 0 Å². The monoisotopic (exact) mass is 245 g/mol. The van der Waals surface area contributed by atoms with E-state index in [1.165, 1.54) is 18.9 Å². The Labute approximate surface area is 106 Å². The molecule has 0 bridgehead atoms. The Bertz CT molecular complexity index is 564. The number of benzene rings is 1. The van der Waals surface area contributed by atoms with Crippen molar-refractivity contribution in [1.82, 2.24) is 9.55 Å². The van der Waals surface area contributed by atoms with Gasteiger partial charge >= 0.3 is 0 Å². The fourth-order valence-electron chi connectivity index (χ4n) is 2.14. The van der Waals surface area contributed by atoms with Crippen LogP contribution < -0.4 is 5.32 Å². The lowest BCUT2D eigenvalue weighted by Gasteiger charge is -2.11. The van der Waals surface area contributed by atoms with E-state index in [9.17, 15) is 4.39 Å². The standard InChI is InChI=1S/C14H16FN3/c1-9-4-3-5-12(15)13(9)17-14-16-10(2)8-18(14)11-6-7-11/h3-5,8,11H,6-7H2,1-2H3,(H,16,17). The molecule has 0 atom stereocenters. The highest BCUT2D eigenvalue weighted by molar-refractivity contribution is 5.59. The van der Waals surface area contributed by atoms with Crippen LogP contribution in [0.2, 0.25) is 0 Å². The number of rotatable bonds is 3. The molecule has 0 amide bonds. The number of imidazole rings is 1. The summed E-state index contributed by atoms with van der Waals surface area (Å²) >= 11 is 0. The quantitative estimate of drug-likeness (QED) is 0.893. The van der Waals surface area contributed by atoms with E-state index < -0.39 is 0 Å². The normalized spacial score (nSPS) is 14.8. The summed E-state index contributed by atoms with van der Waals surface area (Å²) in [7, 11) is 0. The maximum absolute atomic E-state index is 13.8. The van der Waals surface area contributed by atoms with Crippen molar-refractivity contribution in [2.24, 2.45) is 0 Å². The lowest BCUT2D eigenvalue weighted by molar-refractivity contribution is 0.630. The van der Waals surface area contributed by atoms with Gasteiger partial charge in [0.25, 0.3) is 0 Å². The molecule has 0 spiro atoms. The second kappa shape index (κ2) is 4.12. The number of halogens is 1. The average molecular weight is 245 g/mol. The molecule has 1 aromatic heterocycles. The van der Waals surface area contributed by atoms with Crippen molar-refractivity contribution in [2.45, 2.75) is 32.7 Å². The first-order chi connectivity index (χ1) is 8.65. The molecule has 3 rings (SSSR count). The van der Waals surface area contributed by atoms with Crippen LogP contribution in [0.5, 0.6) is 0 Å². The van der Waals surface area contributed by atoms with Crippen LogP contribution in [0.1, 0.15) is 30.1 Å². The van der Waals surface area contributed by atoms with Gasteiger partial charge in [-0.05, 0) is 38.3 Å². The van der Waals surface area contributed by atoms with Crippen LogP contribution in [-0.2, 0) is 0 Å². The number of aryl methyl sites for hydroxylation is 2. The van der Waals surface area contributed by atoms with E-state index in [-0.39, 0.29) is 5.82 Å². The van der Waals surface area contributed by atoms with Gasteiger partial charge in [0.2, 0.25) is 5.95 Å². The molecule has 0 aliphatic heterocycles. The molecule has 1 fully saturated rings. The number of hydrogen-bond donors (Lipinski definition) is 1. The van der Waals surface area contributed by atoms with E-state index in [4.69, 9.17) is 0 Å². The number of nitrogens with zero attached hydrogens (tertiary/aromatic N) is 2. The van der Waals surface area contributed by atoms with Gasteiger partial charge in [-0.15, -0.1) is 0 Å². The van der Waals surface area contributed by atoms with Crippen LogP contribution in [0, 0.1) is 19.7 Å². The number of anilines is 2. The van der Waals surface area contributed by atoms with E-state index in [1.54, 1.807) is 6.07 Å². The number of para-hydroxylation sites is 1. The topological polar surface area (TPSA) is 29.9 Å². The third-order valence-electron chi connectivity index (χ3n) is 3.25. The van der Waals surface area contributed by atoms with Gasteiger partial charge in [0.15, 0.2) is 0 Å². The molecular formula is C14H16FN3. The maximum Gasteiger partial charge on any atom is 0.207 e. The molecule has 4 heteroatoms. The average Bonchev–Trinajstić information content (AvgIpc) is 3.09. The van der Waals surface area contributed by atoms with E-state index in [1.807, 2.05) is 26.1 Å². The lowest BCUT2D eigenvalue weighted by atomic mass is 10.2. The van der Waals surface area contributed by atoms with Gasteiger partial charge in [-0.1, -0.05) is 12.1 Å². The van der Waals surface area contributed by atoms with Crippen molar-refractivity contribution in [2.75, 3.05) is 5.32 Å². The largest absolute Gasteiger partial charge is 0.323 e. The van der Waals surface area contributed by atoms with Gasteiger partial charge in [-0.3, -0.25) is 0 Å². The molecule has 0 unspecified atom stereocenters. The van der Waals surface area contributed by atoms with Crippen molar-refractivity contribution >= 4 is 11.6 Å². The molecule has 2 aromatic rings. The Morgan fingerprint density at radius 3 is 2.78 bits per heavy atom. The summed E-state index contributed by atoms with van der Waals surface area (Å²) in [5.74, 6) is 0.501. The summed E-state index contributed by atoms with van der Waals surface area (Å²) in [5.41, 5.74) is 2.36. The molecule has 18 heavy (non-hydrogen) atoms. The van der Waals surface area contributed by atoms with E-state index in [0.717, 1.165) is 17.2 Å². The van der Waals surface area contributed by atoms with Crippen LogP contribution in [0.4, 0.5) is 16.0 Å². The zero-order valence-corrected chi connectivity index (χ0v) is 10.6. The molecule has 94 valence electrons. The molecule has 1 saturated carbocycles. The minimum Gasteiger partial charge on any atom is -0.323 e. The van der Waals surface area contributed by atoms with Gasteiger partial charge in [0, 0.05) is 12.2 Å². The Morgan fingerprint density at radius 2 is 2.11 bits per heavy atom. The smallest absolute Gasteiger partial charge is 0.207 e. The summed E-state index contributed by atoms with van der Waals surface area (Å²) in [6, 6.07) is 5.60. The second-order valence-corrected chi connectivity index (χ2v) is 4.90. The van der Waals surface area contributed by atoms with Gasteiger partial charge in [-0.2, -0.15) is 0 Å². The lowest BCUT2D eigenvalue weighted by Crippen LogP contribution is -2.04. The van der Waals surface area contributed by atoms with Gasteiger partial charge in [0.1, 0.15) is 5.82 Å². The van der Waals surface area contributed by atoms with E-state index >= 15 is 0 Å². The summed E-state index contributed by atoms with van der Waals surface area (Å²) in [6.07, 6.45) is 4.39. The molecule has 0 radical (unpaired) electrons. The first-order valence-electron chi connectivity index (χ1n) is 6.23. The van der Waals surface area contributed by atoms with Crippen molar-refractivity contribution < 1.29 is 4.39 Å². The van der Waals surface area contributed by atoms with Crippen molar-refractivity contribution in [3.05, 3.63) is 41.5 Å². The van der Waals surface area contributed by atoms with Gasteiger partial charge in [-0.25, -0.2) is 9.37 Å². The minimum atomic E-state index is -0.238. The first-order valence-corrected chi connectivity index (χ1v) is 6.23. The summed E-state index contributed by atoms with van der Waals surface area (Å²) in [6.45, 7) is 3.85. The Balaban J connectivity index is 1.97. The third kappa shape index (κ3) is 1.98. The van der Waals surface area contributed by atoms with Crippen LogP contribution in [-0.4, -0.2) is 9.55 Å². The maximum atomic E-state index is 13.8. The zero-order chi connectivity index (χ0) is 12.7. The highest BCUT2D eigenvalue weighted by atomic mass is 19.1. The predicted octanol–water partition coefficient (Wildman–Crippen LogP) is 3.72.